The Bertz CT molecular complexity index is 340. The molecule has 0 aromatic carbocycles. The second-order valence-electron chi connectivity index (χ2n) is 5.74. The van der Waals surface area contributed by atoms with Crippen LogP contribution < -0.4 is 5.32 Å². The van der Waals surface area contributed by atoms with E-state index in [0.29, 0.717) is 0 Å². The van der Waals surface area contributed by atoms with Crippen molar-refractivity contribution in [2.45, 2.75) is 64.7 Å². The minimum Gasteiger partial charge on any atom is -0.446 e. The molecule has 1 aromatic heterocycles. The fraction of sp³-hybridized carbons (Fsp3) is 0.812. The number of nitrogens with zero attached hydrogens (tertiary/aromatic N) is 1. The Morgan fingerprint density at radius 1 is 1.26 bits per heavy atom. The quantitative estimate of drug-likeness (QED) is 0.602. The molecule has 108 valence electrons. The SMILES string of the molecule is CCNCCCc1ncc(CC2CCCCCC2)o1. The number of oxazole rings is 1. The molecule has 0 radical (unpaired) electrons. The molecule has 1 N–H and O–H groups in total. The van der Waals surface area contributed by atoms with Crippen molar-refractivity contribution in [2.24, 2.45) is 5.92 Å². The average Bonchev–Trinajstić information content (AvgIpc) is 2.69. The van der Waals surface area contributed by atoms with Crippen LogP contribution >= 0.6 is 0 Å². The highest BCUT2D eigenvalue weighted by Crippen LogP contribution is 2.26. The number of hydrogen-bond acceptors (Lipinski definition) is 3. The maximum atomic E-state index is 5.87. The van der Waals surface area contributed by atoms with E-state index in [1.54, 1.807) is 0 Å². The third-order valence-electron chi connectivity index (χ3n) is 4.06. The standard InChI is InChI=1S/C16H28N2O/c1-2-17-11-7-10-16-18-13-15(19-16)12-14-8-5-3-4-6-9-14/h13-14,17H,2-12H2,1H3. The van der Waals surface area contributed by atoms with E-state index in [1.165, 1.54) is 38.5 Å². The molecule has 1 aliphatic rings. The van der Waals surface area contributed by atoms with Gasteiger partial charge in [0.05, 0.1) is 6.20 Å². The lowest BCUT2D eigenvalue weighted by atomic mass is 9.96. The van der Waals surface area contributed by atoms with Crippen LogP contribution in [0.1, 0.15) is 63.5 Å². The fourth-order valence-corrected chi connectivity index (χ4v) is 2.95. The van der Waals surface area contributed by atoms with Crippen LogP contribution in [0.5, 0.6) is 0 Å². The Kier molecular flexibility index (Phi) is 6.42. The smallest absolute Gasteiger partial charge is 0.194 e. The summed E-state index contributed by atoms with van der Waals surface area (Å²) in [6, 6.07) is 0. The van der Waals surface area contributed by atoms with E-state index in [9.17, 15) is 0 Å². The number of nitrogens with one attached hydrogen (secondary N) is 1. The topological polar surface area (TPSA) is 38.1 Å². The minimum absolute atomic E-state index is 0.824. The van der Waals surface area contributed by atoms with Gasteiger partial charge >= 0.3 is 0 Å². The summed E-state index contributed by atoms with van der Waals surface area (Å²) >= 11 is 0. The lowest BCUT2D eigenvalue weighted by Crippen LogP contribution is -2.14. The molecule has 0 amide bonds. The molecule has 1 saturated carbocycles. The zero-order chi connectivity index (χ0) is 13.3. The zero-order valence-electron chi connectivity index (χ0n) is 12.3. The van der Waals surface area contributed by atoms with Gasteiger partial charge in [0.15, 0.2) is 5.89 Å². The van der Waals surface area contributed by atoms with Gasteiger partial charge in [0.1, 0.15) is 5.76 Å². The largest absolute Gasteiger partial charge is 0.446 e. The maximum Gasteiger partial charge on any atom is 0.194 e. The summed E-state index contributed by atoms with van der Waals surface area (Å²) in [6.07, 6.45) is 13.5. The summed E-state index contributed by atoms with van der Waals surface area (Å²) in [5.41, 5.74) is 0. The van der Waals surface area contributed by atoms with Crippen LogP contribution in [0.4, 0.5) is 0 Å². The summed E-state index contributed by atoms with van der Waals surface area (Å²) in [7, 11) is 0. The fourth-order valence-electron chi connectivity index (χ4n) is 2.95. The molecule has 1 fully saturated rings. The van der Waals surface area contributed by atoms with Crippen molar-refractivity contribution in [3.05, 3.63) is 17.8 Å². The number of rotatable bonds is 7. The molecular weight excluding hydrogens is 236 g/mol. The van der Waals surface area contributed by atoms with Gasteiger partial charge in [0.25, 0.3) is 0 Å². The zero-order valence-corrected chi connectivity index (χ0v) is 12.3. The van der Waals surface area contributed by atoms with E-state index in [4.69, 9.17) is 4.42 Å². The van der Waals surface area contributed by atoms with Crippen LogP contribution in [-0.4, -0.2) is 18.1 Å². The summed E-state index contributed by atoms with van der Waals surface area (Å²) in [6.45, 7) is 4.23. The molecule has 3 heteroatoms. The van der Waals surface area contributed by atoms with Crippen molar-refractivity contribution >= 4 is 0 Å². The van der Waals surface area contributed by atoms with E-state index in [1.807, 2.05) is 6.20 Å². The predicted octanol–water partition coefficient (Wildman–Crippen LogP) is 3.73. The van der Waals surface area contributed by atoms with Crippen molar-refractivity contribution in [1.29, 1.82) is 0 Å². The molecule has 0 aliphatic heterocycles. The Morgan fingerprint density at radius 3 is 2.79 bits per heavy atom. The van der Waals surface area contributed by atoms with Gasteiger partial charge in [-0.1, -0.05) is 45.4 Å². The Labute approximate surface area is 117 Å². The van der Waals surface area contributed by atoms with Gasteiger partial charge in [-0.3, -0.25) is 0 Å². The summed E-state index contributed by atoms with van der Waals surface area (Å²) < 4.78 is 5.87. The minimum atomic E-state index is 0.824. The average molecular weight is 264 g/mol. The lowest BCUT2D eigenvalue weighted by Gasteiger charge is -2.11. The third kappa shape index (κ3) is 5.35. The molecule has 3 nitrogen and oxygen atoms in total. The maximum absolute atomic E-state index is 5.87. The molecule has 1 aliphatic carbocycles. The molecule has 1 heterocycles. The first-order chi connectivity index (χ1) is 9.38. The van der Waals surface area contributed by atoms with Crippen molar-refractivity contribution in [2.75, 3.05) is 13.1 Å². The second-order valence-corrected chi connectivity index (χ2v) is 5.74. The molecule has 0 bridgehead atoms. The van der Waals surface area contributed by atoms with Crippen LogP contribution in [0, 0.1) is 5.92 Å². The Balaban J connectivity index is 1.73. The Hall–Kier alpha value is -0.830. The molecule has 2 rings (SSSR count). The van der Waals surface area contributed by atoms with Crippen LogP contribution in [0.25, 0.3) is 0 Å². The molecule has 0 saturated heterocycles. The van der Waals surface area contributed by atoms with E-state index in [2.05, 4.69) is 17.2 Å². The highest BCUT2D eigenvalue weighted by atomic mass is 16.4. The molecule has 19 heavy (non-hydrogen) atoms. The number of aryl methyl sites for hydroxylation is 1. The van der Waals surface area contributed by atoms with Gasteiger partial charge in [-0.25, -0.2) is 4.98 Å². The second kappa shape index (κ2) is 8.36. The van der Waals surface area contributed by atoms with Crippen LogP contribution in [0.15, 0.2) is 10.6 Å². The summed E-state index contributed by atoms with van der Waals surface area (Å²) in [5, 5.41) is 3.33. The normalized spacial score (nSPS) is 17.5. The molecule has 0 atom stereocenters. The lowest BCUT2D eigenvalue weighted by molar-refractivity contribution is 0.384. The van der Waals surface area contributed by atoms with E-state index >= 15 is 0 Å². The predicted molar refractivity (Wildman–Crippen MR) is 78.3 cm³/mol. The van der Waals surface area contributed by atoms with Crippen molar-refractivity contribution in [3.8, 4) is 0 Å². The molecule has 0 unspecified atom stereocenters. The van der Waals surface area contributed by atoms with Gasteiger partial charge in [-0.05, 0) is 25.4 Å². The van der Waals surface area contributed by atoms with E-state index in [-0.39, 0.29) is 0 Å². The molecule has 1 aromatic rings. The van der Waals surface area contributed by atoms with Crippen molar-refractivity contribution < 1.29 is 4.42 Å². The molecule has 0 spiro atoms. The first kappa shape index (κ1) is 14.6. The summed E-state index contributed by atoms with van der Waals surface area (Å²) in [5.74, 6) is 2.84. The number of hydrogen-bond donors (Lipinski definition) is 1. The molecular formula is C16H28N2O. The van der Waals surface area contributed by atoms with Gasteiger partial charge < -0.3 is 9.73 Å². The van der Waals surface area contributed by atoms with E-state index < -0.39 is 0 Å². The Morgan fingerprint density at radius 2 is 2.05 bits per heavy atom. The van der Waals surface area contributed by atoms with Gasteiger partial charge in [0.2, 0.25) is 0 Å². The van der Waals surface area contributed by atoms with Crippen molar-refractivity contribution in [1.82, 2.24) is 10.3 Å². The van der Waals surface area contributed by atoms with E-state index in [0.717, 1.165) is 49.9 Å². The van der Waals surface area contributed by atoms with Crippen LogP contribution in [0.2, 0.25) is 0 Å². The van der Waals surface area contributed by atoms with Crippen molar-refractivity contribution in [3.63, 3.8) is 0 Å². The third-order valence-corrected chi connectivity index (χ3v) is 4.06. The van der Waals surface area contributed by atoms with Crippen LogP contribution in [-0.2, 0) is 12.8 Å². The van der Waals surface area contributed by atoms with Gasteiger partial charge in [-0.2, -0.15) is 0 Å². The highest BCUT2D eigenvalue weighted by Gasteiger charge is 2.15. The highest BCUT2D eigenvalue weighted by molar-refractivity contribution is 4.96. The summed E-state index contributed by atoms with van der Waals surface area (Å²) in [4.78, 5) is 4.41. The monoisotopic (exact) mass is 264 g/mol. The van der Waals surface area contributed by atoms with Gasteiger partial charge in [0, 0.05) is 12.8 Å². The first-order valence-corrected chi connectivity index (χ1v) is 8.02. The first-order valence-electron chi connectivity index (χ1n) is 8.02. The van der Waals surface area contributed by atoms with Crippen LogP contribution in [0.3, 0.4) is 0 Å². The number of aromatic nitrogens is 1. The van der Waals surface area contributed by atoms with Gasteiger partial charge in [-0.15, -0.1) is 0 Å².